The van der Waals surface area contributed by atoms with Gasteiger partial charge in [-0.15, -0.1) is 11.3 Å². The zero-order valence-corrected chi connectivity index (χ0v) is 11.4. The van der Waals surface area contributed by atoms with E-state index >= 15 is 0 Å². The zero-order chi connectivity index (χ0) is 14.3. The molecule has 0 radical (unpaired) electrons. The van der Waals surface area contributed by atoms with Crippen molar-refractivity contribution in [3.63, 3.8) is 0 Å². The molecule has 0 atom stereocenters. The topological polar surface area (TPSA) is 25.8 Å². The summed E-state index contributed by atoms with van der Waals surface area (Å²) in [6.45, 7) is 0. The van der Waals surface area contributed by atoms with Gasteiger partial charge < -0.3 is 0 Å². The maximum absolute atomic E-state index is 12.7. The first-order valence-corrected chi connectivity index (χ1v) is 6.72. The van der Waals surface area contributed by atoms with Crippen molar-refractivity contribution in [2.45, 2.75) is 6.18 Å². The van der Waals surface area contributed by atoms with E-state index in [1.807, 2.05) is 0 Å². The second-order valence-corrected chi connectivity index (χ2v) is 5.48. The van der Waals surface area contributed by atoms with Crippen molar-refractivity contribution in [1.29, 1.82) is 0 Å². The predicted octanol–water partition coefficient (Wildman–Crippen LogP) is 5.03. The maximum Gasteiger partial charge on any atom is 0.416 e. The van der Waals surface area contributed by atoms with E-state index in [4.69, 9.17) is 11.6 Å². The summed E-state index contributed by atoms with van der Waals surface area (Å²) in [6, 6.07) is 6.88. The Bertz CT molecular complexity index is 783. The van der Waals surface area contributed by atoms with E-state index in [2.05, 4.69) is 9.97 Å². The highest BCUT2D eigenvalue weighted by Crippen LogP contribution is 2.37. The van der Waals surface area contributed by atoms with Gasteiger partial charge in [0, 0.05) is 4.88 Å². The van der Waals surface area contributed by atoms with Crippen molar-refractivity contribution in [2.24, 2.45) is 0 Å². The van der Waals surface area contributed by atoms with Crippen LogP contribution in [0.1, 0.15) is 5.56 Å². The fourth-order valence-corrected chi connectivity index (χ4v) is 3.06. The Hall–Kier alpha value is -1.66. The lowest BCUT2D eigenvalue weighted by molar-refractivity contribution is -0.137. The van der Waals surface area contributed by atoms with Crippen LogP contribution in [0.25, 0.3) is 20.7 Å². The molecule has 0 N–H and O–H groups in total. The summed E-state index contributed by atoms with van der Waals surface area (Å²) in [5.74, 6) is 0. The third-order valence-corrected chi connectivity index (χ3v) is 4.32. The van der Waals surface area contributed by atoms with Gasteiger partial charge in [-0.25, -0.2) is 9.97 Å². The lowest BCUT2D eigenvalue weighted by Crippen LogP contribution is -2.04. The molecule has 0 saturated carbocycles. The number of halogens is 4. The second kappa shape index (κ2) is 4.71. The second-order valence-electron chi connectivity index (χ2n) is 4.07. The molecule has 20 heavy (non-hydrogen) atoms. The summed E-state index contributed by atoms with van der Waals surface area (Å²) in [7, 11) is 0. The molecule has 0 aliphatic rings. The van der Waals surface area contributed by atoms with Gasteiger partial charge in [-0.3, -0.25) is 0 Å². The molecule has 0 aliphatic heterocycles. The molecule has 3 aromatic rings. The molecule has 0 saturated heterocycles. The van der Waals surface area contributed by atoms with Crippen LogP contribution in [-0.4, -0.2) is 9.97 Å². The van der Waals surface area contributed by atoms with E-state index < -0.39 is 11.7 Å². The van der Waals surface area contributed by atoms with Gasteiger partial charge in [0.05, 0.1) is 15.8 Å². The highest BCUT2D eigenvalue weighted by Gasteiger charge is 2.30. The highest BCUT2D eigenvalue weighted by atomic mass is 35.5. The van der Waals surface area contributed by atoms with Crippen LogP contribution in [-0.2, 0) is 6.18 Å². The maximum atomic E-state index is 12.7. The minimum atomic E-state index is -4.36. The first-order valence-electron chi connectivity index (χ1n) is 5.53. The van der Waals surface area contributed by atoms with Crippen LogP contribution in [0.5, 0.6) is 0 Å². The van der Waals surface area contributed by atoms with Gasteiger partial charge in [0.15, 0.2) is 0 Å². The number of aromatic nitrogens is 2. The Morgan fingerprint density at radius 3 is 2.60 bits per heavy atom. The summed E-state index contributed by atoms with van der Waals surface area (Å²) in [5, 5.41) is 0.304. The Kier molecular flexibility index (Phi) is 3.14. The van der Waals surface area contributed by atoms with E-state index in [1.165, 1.54) is 23.7 Å². The van der Waals surface area contributed by atoms with E-state index in [0.29, 0.717) is 25.8 Å². The number of rotatable bonds is 1. The van der Waals surface area contributed by atoms with Crippen LogP contribution in [0.4, 0.5) is 13.2 Å². The molecular weight excluding hydrogens is 309 g/mol. The van der Waals surface area contributed by atoms with Crippen LogP contribution in [0.15, 0.2) is 36.7 Å². The molecule has 2 aromatic heterocycles. The molecule has 0 amide bonds. The summed E-state index contributed by atoms with van der Waals surface area (Å²) < 4.78 is 38.8. The van der Waals surface area contributed by atoms with Crippen molar-refractivity contribution in [3.05, 3.63) is 47.4 Å². The number of fused-ring (bicyclic) bond motifs is 1. The SMILES string of the molecule is FC(F)(F)c1cccc(-c2cc3ncnc(Cl)c3s2)c1. The number of thiophene rings is 1. The minimum Gasteiger partial charge on any atom is -0.235 e. The van der Waals surface area contributed by atoms with Crippen LogP contribution in [0.2, 0.25) is 5.15 Å². The number of hydrogen-bond donors (Lipinski definition) is 0. The molecule has 102 valence electrons. The molecule has 7 heteroatoms. The third-order valence-electron chi connectivity index (χ3n) is 2.74. The van der Waals surface area contributed by atoms with Gasteiger partial charge in [-0.05, 0) is 23.8 Å². The molecule has 1 aromatic carbocycles. The van der Waals surface area contributed by atoms with Crippen LogP contribution >= 0.6 is 22.9 Å². The van der Waals surface area contributed by atoms with Crippen molar-refractivity contribution in [2.75, 3.05) is 0 Å². The normalized spacial score (nSPS) is 12.0. The summed E-state index contributed by atoms with van der Waals surface area (Å²) in [5.41, 5.74) is 0.436. The molecule has 0 spiro atoms. The third kappa shape index (κ3) is 2.36. The Labute approximate surface area is 120 Å². The Balaban J connectivity index is 2.14. The van der Waals surface area contributed by atoms with Crippen molar-refractivity contribution in [1.82, 2.24) is 9.97 Å². The van der Waals surface area contributed by atoms with Gasteiger partial charge in [-0.1, -0.05) is 23.7 Å². The van der Waals surface area contributed by atoms with Crippen molar-refractivity contribution >= 4 is 33.2 Å². The van der Waals surface area contributed by atoms with E-state index in [0.717, 1.165) is 12.1 Å². The number of hydrogen-bond acceptors (Lipinski definition) is 3. The fourth-order valence-electron chi connectivity index (χ4n) is 1.82. The molecule has 2 heterocycles. The van der Waals surface area contributed by atoms with Gasteiger partial charge >= 0.3 is 6.18 Å². The summed E-state index contributed by atoms with van der Waals surface area (Å²) in [6.07, 6.45) is -3.03. The predicted molar refractivity (Wildman–Crippen MR) is 72.9 cm³/mol. The highest BCUT2D eigenvalue weighted by molar-refractivity contribution is 7.22. The lowest BCUT2D eigenvalue weighted by atomic mass is 10.1. The zero-order valence-electron chi connectivity index (χ0n) is 9.78. The quantitative estimate of drug-likeness (QED) is 0.589. The van der Waals surface area contributed by atoms with Crippen LogP contribution in [0.3, 0.4) is 0 Å². The van der Waals surface area contributed by atoms with E-state index in [-0.39, 0.29) is 0 Å². The number of benzene rings is 1. The molecular formula is C13H6ClF3N2S. The molecule has 0 fully saturated rings. The average Bonchev–Trinajstić information content (AvgIpc) is 2.83. The lowest BCUT2D eigenvalue weighted by Gasteiger charge is -2.07. The summed E-state index contributed by atoms with van der Waals surface area (Å²) in [4.78, 5) is 8.58. The molecule has 0 bridgehead atoms. The van der Waals surface area contributed by atoms with E-state index in [1.54, 1.807) is 12.1 Å². The van der Waals surface area contributed by atoms with Gasteiger partial charge in [0.2, 0.25) is 0 Å². The minimum absolute atomic E-state index is 0.304. The van der Waals surface area contributed by atoms with Crippen LogP contribution in [0, 0.1) is 0 Å². The largest absolute Gasteiger partial charge is 0.416 e. The molecule has 3 rings (SSSR count). The van der Waals surface area contributed by atoms with Gasteiger partial charge in [0.25, 0.3) is 0 Å². The Morgan fingerprint density at radius 1 is 1.10 bits per heavy atom. The van der Waals surface area contributed by atoms with Gasteiger partial charge in [0.1, 0.15) is 11.5 Å². The monoisotopic (exact) mass is 314 g/mol. The van der Waals surface area contributed by atoms with Crippen molar-refractivity contribution in [3.8, 4) is 10.4 Å². The first kappa shape index (κ1) is 13.3. The van der Waals surface area contributed by atoms with Crippen LogP contribution < -0.4 is 0 Å². The number of alkyl halides is 3. The standard InChI is InChI=1S/C13H6ClF3N2S/c14-12-11-9(18-6-19-12)5-10(20-11)7-2-1-3-8(4-7)13(15,16)17/h1-6H. The first-order chi connectivity index (χ1) is 9.45. The molecule has 0 aliphatic carbocycles. The van der Waals surface area contributed by atoms with Crippen molar-refractivity contribution < 1.29 is 13.2 Å². The average molecular weight is 315 g/mol. The smallest absolute Gasteiger partial charge is 0.235 e. The fraction of sp³-hybridized carbons (Fsp3) is 0.0769. The van der Waals surface area contributed by atoms with Gasteiger partial charge in [-0.2, -0.15) is 13.2 Å². The Morgan fingerprint density at radius 2 is 1.90 bits per heavy atom. The van der Waals surface area contributed by atoms with E-state index in [9.17, 15) is 13.2 Å². The molecule has 2 nitrogen and oxygen atoms in total. The summed E-state index contributed by atoms with van der Waals surface area (Å²) >= 11 is 7.21. The number of nitrogens with zero attached hydrogens (tertiary/aromatic N) is 2. The molecule has 0 unspecified atom stereocenters.